The molecule has 3 heteroatoms. The number of nitrogens with one attached hydrogen (secondary N) is 1. The summed E-state index contributed by atoms with van der Waals surface area (Å²) >= 11 is 0. The molecule has 2 heterocycles. The van der Waals surface area contributed by atoms with Crippen LogP contribution in [-0.4, -0.2) is 24.2 Å². The first-order valence-corrected chi connectivity index (χ1v) is 6.65. The van der Waals surface area contributed by atoms with Crippen LogP contribution in [0.25, 0.3) is 0 Å². The van der Waals surface area contributed by atoms with E-state index in [0.29, 0.717) is 6.61 Å². The molecule has 1 aromatic heterocycles. The van der Waals surface area contributed by atoms with Crippen molar-refractivity contribution in [2.75, 3.05) is 13.2 Å². The fourth-order valence-corrected chi connectivity index (χ4v) is 2.28. The number of rotatable bonds is 6. The van der Waals surface area contributed by atoms with Gasteiger partial charge in [-0.3, -0.25) is 4.98 Å². The summed E-state index contributed by atoms with van der Waals surface area (Å²) in [6.45, 7) is 2.74. The molecule has 1 N–H and O–H groups in total. The minimum atomic E-state index is 0.686. The molecule has 1 fully saturated rings. The van der Waals surface area contributed by atoms with Crippen LogP contribution in [0.2, 0.25) is 0 Å². The second-order valence-electron chi connectivity index (χ2n) is 4.70. The molecule has 0 bridgehead atoms. The third-order valence-corrected chi connectivity index (χ3v) is 3.25. The van der Waals surface area contributed by atoms with E-state index < -0.39 is 0 Å². The number of nitrogens with zero attached hydrogens (tertiary/aromatic N) is 1. The minimum absolute atomic E-state index is 0.686. The van der Waals surface area contributed by atoms with Crippen molar-refractivity contribution in [3.63, 3.8) is 0 Å². The van der Waals surface area contributed by atoms with Crippen LogP contribution < -0.4 is 5.32 Å². The molecule has 1 saturated heterocycles. The fourth-order valence-electron chi connectivity index (χ4n) is 2.28. The summed E-state index contributed by atoms with van der Waals surface area (Å²) in [5.74, 6) is 0. The van der Waals surface area contributed by atoms with Crippen LogP contribution in [0, 0.1) is 0 Å². The number of hydrogen-bond donors (Lipinski definition) is 1. The third-order valence-electron chi connectivity index (χ3n) is 3.25. The normalized spacial score (nSPS) is 20.4. The van der Waals surface area contributed by atoms with Gasteiger partial charge in [0.2, 0.25) is 0 Å². The molecule has 1 aliphatic heterocycles. The van der Waals surface area contributed by atoms with Crippen LogP contribution in [-0.2, 0) is 11.3 Å². The Morgan fingerprint density at radius 2 is 2.41 bits per heavy atom. The first-order valence-electron chi connectivity index (χ1n) is 6.65. The van der Waals surface area contributed by atoms with Crippen LogP contribution in [0.5, 0.6) is 0 Å². The van der Waals surface area contributed by atoms with E-state index in [1.807, 2.05) is 12.3 Å². The summed E-state index contributed by atoms with van der Waals surface area (Å²) < 4.78 is 5.64. The molecule has 1 aliphatic rings. The average molecular weight is 234 g/mol. The maximum Gasteiger partial charge on any atom is 0.0731 e. The first-order chi connectivity index (χ1) is 8.45. The van der Waals surface area contributed by atoms with Crippen molar-refractivity contribution in [2.45, 2.75) is 44.8 Å². The Balaban J connectivity index is 1.51. The first kappa shape index (κ1) is 12.5. The second kappa shape index (κ2) is 7.41. The average Bonchev–Trinajstić information content (AvgIpc) is 2.41. The maximum atomic E-state index is 5.64. The van der Waals surface area contributed by atoms with Gasteiger partial charge in [-0.05, 0) is 43.9 Å². The van der Waals surface area contributed by atoms with E-state index in [1.54, 1.807) is 6.20 Å². The van der Waals surface area contributed by atoms with Crippen LogP contribution in [0.15, 0.2) is 24.5 Å². The van der Waals surface area contributed by atoms with Gasteiger partial charge in [-0.1, -0.05) is 12.5 Å². The van der Waals surface area contributed by atoms with Crippen molar-refractivity contribution in [1.29, 1.82) is 0 Å². The van der Waals surface area contributed by atoms with Gasteiger partial charge in [0, 0.05) is 25.0 Å². The Labute approximate surface area is 104 Å². The standard InChI is InChI=1S/C14H22N2O/c1-2-9-16-14(6-1)7-4-10-17-12-13-5-3-8-15-11-13/h3,5,8,11,14,16H,1-2,4,6-7,9-10,12H2/t14-/m0/s1. The predicted molar refractivity (Wildman–Crippen MR) is 68.8 cm³/mol. The Bertz CT molecular complexity index is 296. The zero-order chi connectivity index (χ0) is 11.8. The lowest BCUT2D eigenvalue weighted by atomic mass is 10.0. The number of piperidine rings is 1. The molecule has 0 radical (unpaired) electrons. The van der Waals surface area contributed by atoms with E-state index in [-0.39, 0.29) is 0 Å². The van der Waals surface area contributed by atoms with Gasteiger partial charge in [0.25, 0.3) is 0 Å². The highest BCUT2D eigenvalue weighted by atomic mass is 16.5. The van der Waals surface area contributed by atoms with Gasteiger partial charge in [0.05, 0.1) is 6.61 Å². The molecule has 1 aromatic rings. The van der Waals surface area contributed by atoms with Crippen LogP contribution in [0.1, 0.15) is 37.7 Å². The zero-order valence-corrected chi connectivity index (χ0v) is 10.4. The van der Waals surface area contributed by atoms with Crippen molar-refractivity contribution < 1.29 is 4.74 Å². The molecular weight excluding hydrogens is 212 g/mol. The van der Waals surface area contributed by atoms with Crippen LogP contribution in [0.3, 0.4) is 0 Å². The van der Waals surface area contributed by atoms with Gasteiger partial charge in [-0.15, -0.1) is 0 Å². The minimum Gasteiger partial charge on any atom is -0.377 e. The maximum absolute atomic E-state index is 5.64. The summed E-state index contributed by atoms with van der Waals surface area (Å²) in [6.07, 6.45) is 10.1. The highest BCUT2D eigenvalue weighted by Gasteiger charge is 2.11. The lowest BCUT2D eigenvalue weighted by Crippen LogP contribution is -2.33. The number of hydrogen-bond acceptors (Lipinski definition) is 3. The third kappa shape index (κ3) is 4.84. The SMILES string of the molecule is c1cncc(COCCC[C@@H]2CCCCN2)c1. The molecular formula is C14H22N2O. The molecule has 0 spiro atoms. The monoisotopic (exact) mass is 234 g/mol. The topological polar surface area (TPSA) is 34.1 Å². The Morgan fingerprint density at radius 3 is 3.18 bits per heavy atom. The summed E-state index contributed by atoms with van der Waals surface area (Å²) in [5.41, 5.74) is 1.16. The van der Waals surface area contributed by atoms with Crippen molar-refractivity contribution in [3.05, 3.63) is 30.1 Å². The van der Waals surface area contributed by atoms with Gasteiger partial charge in [0.15, 0.2) is 0 Å². The van der Waals surface area contributed by atoms with Crippen molar-refractivity contribution in [1.82, 2.24) is 10.3 Å². The van der Waals surface area contributed by atoms with Gasteiger partial charge in [0.1, 0.15) is 0 Å². The molecule has 3 nitrogen and oxygen atoms in total. The highest BCUT2D eigenvalue weighted by Crippen LogP contribution is 2.11. The summed E-state index contributed by atoms with van der Waals surface area (Å²) in [6, 6.07) is 4.73. The molecule has 2 rings (SSSR count). The quantitative estimate of drug-likeness (QED) is 0.768. The number of pyridine rings is 1. The Morgan fingerprint density at radius 1 is 1.41 bits per heavy atom. The van der Waals surface area contributed by atoms with Gasteiger partial charge < -0.3 is 10.1 Å². The molecule has 17 heavy (non-hydrogen) atoms. The van der Waals surface area contributed by atoms with Crippen molar-refractivity contribution in [2.24, 2.45) is 0 Å². The number of ether oxygens (including phenoxy) is 1. The van der Waals surface area contributed by atoms with Crippen LogP contribution in [0.4, 0.5) is 0 Å². The van der Waals surface area contributed by atoms with E-state index in [0.717, 1.165) is 24.6 Å². The Kier molecular flexibility index (Phi) is 5.46. The van der Waals surface area contributed by atoms with E-state index in [4.69, 9.17) is 4.74 Å². The lowest BCUT2D eigenvalue weighted by Gasteiger charge is -2.23. The number of aromatic nitrogens is 1. The Hall–Kier alpha value is -0.930. The zero-order valence-electron chi connectivity index (χ0n) is 10.4. The predicted octanol–water partition coefficient (Wildman–Crippen LogP) is 2.52. The van der Waals surface area contributed by atoms with Crippen molar-refractivity contribution >= 4 is 0 Å². The van der Waals surface area contributed by atoms with E-state index in [1.165, 1.54) is 32.2 Å². The van der Waals surface area contributed by atoms with E-state index in [2.05, 4.69) is 16.4 Å². The summed E-state index contributed by atoms with van der Waals surface area (Å²) in [4.78, 5) is 4.07. The molecule has 0 unspecified atom stereocenters. The molecule has 0 saturated carbocycles. The lowest BCUT2D eigenvalue weighted by molar-refractivity contribution is 0.114. The molecule has 0 amide bonds. The second-order valence-corrected chi connectivity index (χ2v) is 4.70. The molecule has 1 atom stereocenters. The highest BCUT2D eigenvalue weighted by molar-refractivity contribution is 5.06. The van der Waals surface area contributed by atoms with E-state index in [9.17, 15) is 0 Å². The largest absolute Gasteiger partial charge is 0.377 e. The summed E-state index contributed by atoms with van der Waals surface area (Å²) in [7, 11) is 0. The van der Waals surface area contributed by atoms with Gasteiger partial charge in [-0.2, -0.15) is 0 Å². The summed E-state index contributed by atoms with van der Waals surface area (Å²) in [5, 5.41) is 3.56. The molecule has 94 valence electrons. The van der Waals surface area contributed by atoms with Gasteiger partial charge >= 0.3 is 0 Å². The van der Waals surface area contributed by atoms with Gasteiger partial charge in [-0.25, -0.2) is 0 Å². The van der Waals surface area contributed by atoms with Crippen LogP contribution >= 0.6 is 0 Å². The molecule has 0 aliphatic carbocycles. The van der Waals surface area contributed by atoms with Crippen molar-refractivity contribution in [3.8, 4) is 0 Å². The smallest absolute Gasteiger partial charge is 0.0731 e. The van der Waals surface area contributed by atoms with E-state index >= 15 is 0 Å². The fraction of sp³-hybridized carbons (Fsp3) is 0.643. The molecule has 0 aromatic carbocycles.